The lowest BCUT2D eigenvalue weighted by Gasteiger charge is -2.23. The van der Waals surface area contributed by atoms with Gasteiger partial charge in [-0.2, -0.15) is 0 Å². The zero-order valence-corrected chi connectivity index (χ0v) is 15.1. The second kappa shape index (κ2) is 6.69. The summed E-state index contributed by atoms with van der Waals surface area (Å²) in [6, 6.07) is 10.9. The zero-order valence-electron chi connectivity index (χ0n) is 13.5. The maximum Gasteiger partial charge on any atom is 0.227 e. The Hall–Kier alpha value is -2.05. The molecule has 2 aliphatic rings. The summed E-state index contributed by atoms with van der Waals surface area (Å²) in [4.78, 5) is 12.2. The highest BCUT2D eigenvalue weighted by Gasteiger charge is 2.31. The van der Waals surface area contributed by atoms with E-state index >= 15 is 0 Å². The molecule has 0 bridgehead atoms. The maximum absolute atomic E-state index is 12.2. The molecule has 1 amide bonds. The van der Waals surface area contributed by atoms with Gasteiger partial charge in [-0.1, -0.05) is 28.1 Å². The van der Waals surface area contributed by atoms with E-state index < -0.39 is 6.10 Å². The number of hydrogen-bond donors (Lipinski definition) is 2. The minimum Gasteiger partial charge on any atom is -0.486 e. The van der Waals surface area contributed by atoms with Crippen molar-refractivity contribution in [1.29, 1.82) is 0 Å². The Morgan fingerprint density at radius 2 is 1.76 bits per heavy atom. The maximum atomic E-state index is 12.2. The first-order valence-electron chi connectivity index (χ1n) is 8.30. The molecule has 0 unspecified atom stereocenters. The Kier molecular flexibility index (Phi) is 4.39. The average molecular weight is 404 g/mol. The number of aliphatic hydroxyl groups is 1. The molecule has 1 fully saturated rings. The number of halogens is 1. The molecule has 0 saturated heterocycles. The van der Waals surface area contributed by atoms with Crippen LogP contribution in [0.4, 0.5) is 5.69 Å². The first-order valence-corrected chi connectivity index (χ1v) is 9.09. The monoisotopic (exact) mass is 403 g/mol. The summed E-state index contributed by atoms with van der Waals surface area (Å²) in [6.07, 6.45) is 0.959. The molecule has 1 aliphatic carbocycles. The number of carbonyl (C=O) groups is 1. The molecular formula is C19H18BrNO4. The van der Waals surface area contributed by atoms with Crippen LogP contribution in [0.3, 0.4) is 0 Å². The molecule has 4 rings (SSSR count). The van der Waals surface area contributed by atoms with Gasteiger partial charge in [0, 0.05) is 22.0 Å². The van der Waals surface area contributed by atoms with E-state index in [1.165, 1.54) is 0 Å². The van der Waals surface area contributed by atoms with E-state index in [0.29, 0.717) is 36.0 Å². The molecular weight excluding hydrogens is 386 g/mol. The molecule has 25 heavy (non-hydrogen) atoms. The summed E-state index contributed by atoms with van der Waals surface area (Å²) in [7, 11) is 0. The number of carbonyl (C=O) groups excluding carboxylic acids is 1. The molecule has 2 N–H and O–H groups in total. The van der Waals surface area contributed by atoms with Gasteiger partial charge in [0.15, 0.2) is 11.5 Å². The van der Waals surface area contributed by atoms with Gasteiger partial charge in [0.05, 0.1) is 5.69 Å². The normalized spacial score (nSPS) is 17.0. The largest absolute Gasteiger partial charge is 0.486 e. The number of aliphatic hydroxyl groups excluding tert-OH is 1. The van der Waals surface area contributed by atoms with Crippen molar-refractivity contribution in [3.05, 3.63) is 52.0 Å². The lowest BCUT2D eigenvalue weighted by atomic mass is 9.99. The fourth-order valence-electron chi connectivity index (χ4n) is 2.84. The molecule has 5 nitrogen and oxygen atoms in total. The second-order valence-electron chi connectivity index (χ2n) is 6.30. The fourth-order valence-corrected chi connectivity index (χ4v) is 3.11. The Morgan fingerprint density at radius 1 is 1.12 bits per heavy atom. The lowest BCUT2D eigenvalue weighted by molar-refractivity contribution is -0.117. The van der Waals surface area contributed by atoms with Gasteiger partial charge in [-0.15, -0.1) is 0 Å². The molecule has 1 aliphatic heterocycles. The van der Waals surface area contributed by atoms with E-state index in [9.17, 15) is 9.90 Å². The van der Waals surface area contributed by atoms with Crippen molar-refractivity contribution >= 4 is 27.5 Å². The van der Waals surface area contributed by atoms with Gasteiger partial charge in [-0.3, -0.25) is 4.79 Å². The molecule has 0 spiro atoms. The van der Waals surface area contributed by atoms with Crippen molar-refractivity contribution in [2.24, 2.45) is 5.92 Å². The van der Waals surface area contributed by atoms with Gasteiger partial charge in [0.1, 0.15) is 19.3 Å². The number of ether oxygens (including phenoxy) is 2. The minimum absolute atomic E-state index is 0.0130. The molecule has 1 saturated carbocycles. The van der Waals surface area contributed by atoms with Crippen molar-refractivity contribution in [3.8, 4) is 11.5 Å². The van der Waals surface area contributed by atoms with Gasteiger partial charge in [-0.25, -0.2) is 0 Å². The minimum atomic E-state index is -0.876. The molecule has 2 aromatic rings. The van der Waals surface area contributed by atoms with Crippen LogP contribution >= 0.6 is 15.9 Å². The molecule has 1 atom stereocenters. The quantitative estimate of drug-likeness (QED) is 0.817. The number of fused-ring (bicyclic) bond motifs is 1. The van der Waals surface area contributed by atoms with E-state index in [-0.39, 0.29) is 11.8 Å². The Bertz CT molecular complexity index is 802. The van der Waals surface area contributed by atoms with Crippen LogP contribution in [0.15, 0.2) is 40.9 Å². The summed E-state index contributed by atoms with van der Waals surface area (Å²) in [5, 5.41) is 13.8. The summed E-state index contributed by atoms with van der Waals surface area (Å²) < 4.78 is 12.2. The first kappa shape index (κ1) is 16.4. The van der Waals surface area contributed by atoms with Gasteiger partial charge in [0.2, 0.25) is 5.91 Å². The fraction of sp³-hybridized carbons (Fsp3) is 0.316. The average Bonchev–Trinajstić information content (AvgIpc) is 3.46. The first-order chi connectivity index (χ1) is 12.1. The topological polar surface area (TPSA) is 67.8 Å². The molecule has 2 aromatic carbocycles. The van der Waals surface area contributed by atoms with Crippen molar-refractivity contribution < 1.29 is 19.4 Å². The van der Waals surface area contributed by atoms with E-state index in [4.69, 9.17) is 9.47 Å². The SMILES string of the molecule is O=C(Nc1cc2c(cc1[C@@H](O)c1ccc(Br)cc1)OCCO2)C1CC1. The summed E-state index contributed by atoms with van der Waals surface area (Å²) >= 11 is 3.40. The number of benzene rings is 2. The molecule has 0 radical (unpaired) electrons. The smallest absolute Gasteiger partial charge is 0.227 e. The summed E-state index contributed by atoms with van der Waals surface area (Å²) in [6.45, 7) is 0.937. The van der Waals surface area contributed by atoms with Crippen LogP contribution in [0.25, 0.3) is 0 Å². The van der Waals surface area contributed by atoms with Gasteiger partial charge in [-0.05, 0) is 36.6 Å². The van der Waals surface area contributed by atoms with Crippen LogP contribution in [-0.4, -0.2) is 24.2 Å². The molecule has 6 heteroatoms. The number of hydrogen-bond acceptors (Lipinski definition) is 4. The Balaban J connectivity index is 1.72. The van der Waals surface area contributed by atoms with E-state index in [0.717, 1.165) is 22.9 Å². The predicted octanol–water partition coefficient (Wildman–Crippen LogP) is 3.65. The summed E-state index contributed by atoms with van der Waals surface area (Å²) in [5.74, 6) is 1.23. The van der Waals surface area contributed by atoms with Crippen LogP contribution in [0.1, 0.15) is 30.1 Å². The van der Waals surface area contributed by atoms with Gasteiger partial charge >= 0.3 is 0 Å². The van der Waals surface area contributed by atoms with Crippen LogP contribution in [-0.2, 0) is 4.79 Å². The Morgan fingerprint density at radius 3 is 2.40 bits per heavy atom. The van der Waals surface area contributed by atoms with E-state index in [2.05, 4.69) is 21.2 Å². The van der Waals surface area contributed by atoms with Crippen LogP contribution < -0.4 is 14.8 Å². The standard InChI is InChI=1S/C19H18BrNO4/c20-13-5-3-11(4-6-13)18(22)14-9-16-17(25-8-7-24-16)10-15(14)21-19(23)12-1-2-12/h3-6,9-10,12,18,22H,1-2,7-8H2,(H,21,23)/t18-/m0/s1. The van der Waals surface area contributed by atoms with Gasteiger partial charge in [0.25, 0.3) is 0 Å². The van der Waals surface area contributed by atoms with Crippen LogP contribution in [0, 0.1) is 5.92 Å². The number of rotatable bonds is 4. The molecule has 130 valence electrons. The van der Waals surface area contributed by atoms with Crippen LogP contribution in [0.2, 0.25) is 0 Å². The number of anilines is 1. The third-order valence-corrected chi connectivity index (χ3v) is 4.93. The van der Waals surface area contributed by atoms with Gasteiger partial charge < -0.3 is 19.9 Å². The third kappa shape index (κ3) is 3.50. The third-order valence-electron chi connectivity index (χ3n) is 4.40. The summed E-state index contributed by atoms with van der Waals surface area (Å²) in [5.41, 5.74) is 1.90. The van der Waals surface area contributed by atoms with Crippen molar-refractivity contribution in [3.63, 3.8) is 0 Å². The van der Waals surface area contributed by atoms with Crippen molar-refractivity contribution in [2.45, 2.75) is 18.9 Å². The zero-order chi connectivity index (χ0) is 17.4. The van der Waals surface area contributed by atoms with Crippen LogP contribution in [0.5, 0.6) is 11.5 Å². The van der Waals surface area contributed by atoms with Crippen molar-refractivity contribution in [2.75, 3.05) is 18.5 Å². The highest BCUT2D eigenvalue weighted by atomic mass is 79.9. The Labute approximate surface area is 154 Å². The van der Waals surface area contributed by atoms with E-state index in [1.54, 1.807) is 12.1 Å². The molecule has 1 heterocycles. The number of nitrogens with one attached hydrogen (secondary N) is 1. The van der Waals surface area contributed by atoms with Crippen molar-refractivity contribution in [1.82, 2.24) is 0 Å². The highest BCUT2D eigenvalue weighted by Crippen LogP contribution is 2.40. The molecule has 0 aromatic heterocycles. The van der Waals surface area contributed by atoms with E-state index in [1.807, 2.05) is 24.3 Å². The number of amides is 1. The highest BCUT2D eigenvalue weighted by molar-refractivity contribution is 9.10. The second-order valence-corrected chi connectivity index (χ2v) is 7.22. The predicted molar refractivity (Wildman–Crippen MR) is 97.0 cm³/mol. The lowest BCUT2D eigenvalue weighted by Crippen LogP contribution is -2.19.